The highest BCUT2D eigenvalue weighted by Crippen LogP contribution is 2.05. The molecule has 0 bridgehead atoms. The van der Waals surface area contributed by atoms with Crippen LogP contribution in [0.4, 0.5) is 0 Å². The van der Waals surface area contributed by atoms with E-state index in [9.17, 15) is 4.79 Å². The molecule has 0 fully saturated rings. The molecule has 0 saturated heterocycles. The van der Waals surface area contributed by atoms with Crippen LogP contribution < -0.4 is 0 Å². The summed E-state index contributed by atoms with van der Waals surface area (Å²) in [6.07, 6.45) is 1.58. The molecule has 66 valence electrons. The van der Waals surface area contributed by atoms with Gasteiger partial charge in [-0.05, 0) is 24.3 Å². The lowest BCUT2D eigenvalue weighted by Gasteiger charge is -1.99. The molecule has 2 aromatic rings. The number of hydrogen-bond acceptors (Lipinski definition) is 5. The summed E-state index contributed by atoms with van der Waals surface area (Å²) in [5.41, 5.74) is 1.19. The number of hydrogen-bond donors (Lipinski definition) is 0. The van der Waals surface area contributed by atoms with E-state index in [4.69, 9.17) is 0 Å². The summed E-state index contributed by atoms with van der Waals surface area (Å²) in [5, 5.41) is 10.7. The molecule has 0 radical (unpaired) electrons. The van der Waals surface area contributed by atoms with Crippen molar-refractivity contribution in [3.63, 3.8) is 0 Å². The number of nitrogens with zero attached hydrogens (tertiary/aromatic N) is 5. The fourth-order valence-electron chi connectivity index (χ4n) is 1.12. The highest BCUT2D eigenvalue weighted by Gasteiger charge is 2.08. The maximum Gasteiger partial charge on any atom is 0.273 e. The second-order valence-electron chi connectivity index (χ2n) is 2.72. The van der Waals surface area contributed by atoms with Crippen molar-refractivity contribution < 1.29 is 4.79 Å². The minimum absolute atomic E-state index is 0.0394. The van der Waals surface area contributed by atoms with Gasteiger partial charge in [-0.1, -0.05) is 5.10 Å². The van der Waals surface area contributed by atoms with Gasteiger partial charge in [-0.2, -0.15) is 4.52 Å². The first-order valence-electron chi connectivity index (χ1n) is 3.75. The minimum atomic E-state index is -0.0394. The van der Waals surface area contributed by atoms with Crippen LogP contribution in [0.3, 0.4) is 0 Å². The molecular weight excluding hydrogens is 170 g/mol. The van der Waals surface area contributed by atoms with Gasteiger partial charge in [0.15, 0.2) is 5.78 Å². The molecule has 0 aliphatic carbocycles. The van der Waals surface area contributed by atoms with Crippen LogP contribution in [0.2, 0.25) is 0 Å². The number of carbonyl (C=O) groups excluding carboxylic acids is 1. The Hall–Kier alpha value is -1.85. The number of aromatic nitrogens is 5. The van der Waals surface area contributed by atoms with E-state index < -0.39 is 0 Å². The van der Waals surface area contributed by atoms with Crippen LogP contribution in [0, 0.1) is 6.92 Å². The van der Waals surface area contributed by atoms with Gasteiger partial charge in [0, 0.05) is 6.20 Å². The van der Waals surface area contributed by atoms with E-state index >= 15 is 0 Å². The molecule has 0 atom stereocenters. The third kappa shape index (κ3) is 1.16. The Morgan fingerprint density at radius 3 is 3.00 bits per heavy atom. The number of ketones is 1. The Labute approximate surface area is 73.6 Å². The largest absolute Gasteiger partial charge is 0.294 e. The van der Waals surface area contributed by atoms with Crippen molar-refractivity contribution in [1.82, 2.24) is 25.0 Å². The molecule has 2 aromatic heterocycles. The van der Waals surface area contributed by atoms with Crippen LogP contribution in [0.15, 0.2) is 6.20 Å². The van der Waals surface area contributed by atoms with Gasteiger partial charge in [0.1, 0.15) is 0 Å². The number of carbonyl (C=O) groups is 1. The molecular formula is C7H7N5O. The molecule has 0 aromatic carbocycles. The molecule has 0 spiro atoms. The Bertz CT molecular complexity index is 475. The summed E-state index contributed by atoms with van der Waals surface area (Å²) in [6.45, 7) is 3.24. The predicted molar refractivity (Wildman–Crippen MR) is 43.3 cm³/mol. The van der Waals surface area contributed by atoms with Crippen molar-refractivity contribution in [2.24, 2.45) is 0 Å². The molecule has 6 heteroatoms. The monoisotopic (exact) mass is 177 g/mol. The van der Waals surface area contributed by atoms with Gasteiger partial charge in [0.05, 0.1) is 11.3 Å². The first-order chi connectivity index (χ1) is 6.18. The standard InChI is InChI=1S/C7H7N5O/c1-4-6(5(2)13)3-12-7(8-4)9-10-11-12/h3H,1-2H3. The van der Waals surface area contributed by atoms with Gasteiger partial charge in [0.25, 0.3) is 5.78 Å². The number of Topliss-reactive ketones (excluding diaryl/α,β-unsaturated/α-hetero) is 1. The molecule has 0 saturated carbocycles. The first-order valence-corrected chi connectivity index (χ1v) is 3.75. The van der Waals surface area contributed by atoms with Crippen LogP contribution in [-0.4, -0.2) is 30.8 Å². The molecule has 2 heterocycles. The first kappa shape index (κ1) is 7.78. The molecule has 0 aliphatic rings. The van der Waals surface area contributed by atoms with Crippen molar-refractivity contribution in [2.45, 2.75) is 13.8 Å². The van der Waals surface area contributed by atoms with Gasteiger partial charge in [-0.3, -0.25) is 4.79 Å². The number of tetrazole rings is 1. The van der Waals surface area contributed by atoms with E-state index in [1.165, 1.54) is 11.4 Å². The molecule has 0 unspecified atom stereocenters. The van der Waals surface area contributed by atoms with Gasteiger partial charge in [0.2, 0.25) is 0 Å². The average molecular weight is 177 g/mol. The van der Waals surface area contributed by atoms with E-state index in [-0.39, 0.29) is 5.78 Å². The summed E-state index contributed by atoms with van der Waals surface area (Å²) < 4.78 is 1.38. The highest BCUT2D eigenvalue weighted by molar-refractivity contribution is 5.94. The van der Waals surface area contributed by atoms with Gasteiger partial charge < -0.3 is 0 Å². The molecule has 0 aliphatic heterocycles. The summed E-state index contributed by atoms with van der Waals surface area (Å²) >= 11 is 0. The Morgan fingerprint density at radius 1 is 1.54 bits per heavy atom. The molecule has 2 rings (SSSR count). The van der Waals surface area contributed by atoms with Gasteiger partial charge in [-0.25, -0.2) is 4.98 Å². The van der Waals surface area contributed by atoms with Crippen molar-refractivity contribution in [3.05, 3.63) is 17.5 Å². The fourth-order valence-corrected chi connectivity index (χ4v) is 1.12. The van der Waals surface area contributed by atoms with Crippen molar-refractivity contribution in [2.75, 3.05) is 0 Å². The SMILES string of the molecule is CC(=O)c1cn2nnnc2nc1C. The summed E-state index contributed by atoms with van der Waals surface area (Å²) in [7, 11) is 0. The maximum absolute atomic E-state index is 11.1. The number of aryl methyl sites for hydroxylation is 1. The smallest absolute Gasteiger partial charge is 0.273 e. The van der Waals surface area contributed by atoms with Crippen LogP contribution in [-0.2, 0) is 0 Å². The van der Waals surface area contributed by atoms with Crippen LogP contribution in [0.25, 0.3) is 5.78 Å². The fraction of sp³-hybridized carbons (Fsp3) is 0.286. The second kappa shape index (κ2) is 2.58. The van der Waals surface area contributed by atoms with E-state index in [0.717, 1.165) is 0 Å². The third-order valence-electron chi connectivity index (χ3n) is 1.76. The molecule has 0 N–H and O–H groups in total. The minimum Gasteiger partial charge on any atom is -0.294 e. The zero-order valence-corrected chi connectivity index (χ0v) is 7.22. The van der Waals surface area contributed by atoms with E-state index in [0.29, 0.717) is 17.0 Å². The highest BCUT2D eigenvalue weighted by atomic mass is 16.1. The van der Waals surface area contributed by atoms with Gasteiger partial charge in [-0.15, -0.1) is 0 Å². The third-order valence-corrected chi connectivity index (χ3v) is 1.76. The molecule has 13 heavy (non-hydrogen) atoms. The lowest BCUT2D eigenvalue weighted by atomic mass is 10.2. The quantitative estimate of drug-likeness (QED) is 0.574. The Kier molecular flexibility index (Phi) is 1.54. The average Bonchev–Trinajstić information content (AvgIpc) is 2.48. The Balaban J connectivity index is 2.76. The summed E-state index contributed by atoms with van der Waals surface area (Å²) in [4.78, 5) is 15.2. The summed E-state index contributed by atoms with van der Waals surface area (Å²) in [6, 6.07) is 0. The Morgan fingerprint density at radius 2 is 2.31 bits per heavy atom. The van der Waals surface area contributed by atoms with Crippen LogP contribution in [0.5, 0.6) is 0 Å². The van der Waals surface area contributed by atoms with E-state index in [1.807, 2.05) is 0 Å². The van der Waals surface area contributed by atoms with E-state index in [1.54, 1.807) is 13.1 Å². The zero-order valence-electron chi connectivity index (χ0n) is 7.22. The lowest BCUT2D eigenvalue weighted by Crippen LogP contribution is -2.03. The second-order valence-corrected chi connectivity index (χ2v) is 2.72. The summed E-state index contributed by atoms with van der Waals surface area (Å²) in [5.74, 6) is 0.366. The van der Waals surface area contributed by atoms with Crippen molar-refractivity contribution >= 4 is 11.6 Å². The maximum atomic E-state index is 11.1. The number of rotatable bonds is 1. The number of fused-ring (bicyclic) bond motifs is 1. The zero-order chi connectivity index (χ0) is 9.42. The molecule has 0 amide bonds. The topological polar surface area (TPSA) is 73.0 Å². The van der Waals surface area contributed by atoms with Crippen LogP contribution >= 0.6 is 0 Å². The van der Waals surface area contributed by atoms with Crippen molar-refractivity contribution in [1.29, 1.82) is 0 Å². The predicted octanol–water partition coefficient (Wildman–Crippen LogP) is 0.0303. The van der Waals surface area contributed by atoms with Crippen molar-refractivity contribution in [3.8, 4) is 0 Å². The van der Waals surface area contributed by atoms with E-state index in [2.05, 4.69) is 20.5 Å². The lowest BCUT2D eigenvalue weighted by molar-refractivity contribution is 0.101. The van der Waals surface area contributed by atoms with Crippen LogP contribution in [0.1, 0.15) is 23.0 Å². The molecule has 6 nitrogen and oxygen atoms in total. The normalized spacial score (nSPS) is 10.6. The van der Waals surface area contributed by atoms with Gasteiger partial charge >= 0.3 is 0 Å².